The van der Waals surface area contributed by atoms with E-state index in [4.69, 9.17) is 4.74 Å². The summed E-state index contributed by atoms with van der Waals surface area (Å²) in [6.07, 6.45) is 0.512. The highest BCUT2D eigenvalue weighted by Gasteiger charge is 2.18. The molecule has 2 nitrogen and oxygen atoms in total. The van der Waals surface area contributed by atoms with E-state index in [1.165, 1.54) is 19.2 Å². The summed E-state index contributed by atoms with van der Waals surface area (Å²) in [5, 5.41) is 11.8. The van der Waals surface area contributed by atoms with Crippen molar-refractivity contribution < 1.29 is 9.13 Å². The molecule has 0 spiro atoms. The monoisotopic (exact) mass is 305 g/mol. The van der Waals surface area contributed by atoms with Gasteiger partial charge in [-0.2, -0.15) is 5.26 Å². The van der Waals surface area contributed by atoms with Crippen molar-refractivity contribution in [1.82, 2.24) is 0 Å². The number of nitriles is 1. The summed E-state index contributed by atoms with van der Waals surface area (Å²) in [4.78, 5) is 0. The molecule has 3 rings (SSSR count). The highest BCUT2D eigenvalue weighted by atomic mass is 19.1. The minimum absolute atomic E-state index is 0.362. The van der Waals surface area contributed by atoms with Gasteiger partial charge in [-0.1, -0.05) is 42.5 Å². The lowest BCUT2D eigenvalue weighted by Crippen LogP contribution is -2.04. The SMILES string of the molecule is COc1ccc(F)cc1C(C#N)Cc1cccc2ccccc12. The second-order valence-electron chi connectivity index (χ2n) is 5.41. The number of ether oxygens (including phenoxy) is 1. The molecule has 0 saturated carbocycles. The summed E-state index contributed by atoms with van der Waals surface area (Å²) in [5.74, 6) is -0.288. The molecule has 0 radical (unpaired) electrons. The Hall–Kier alpha value is -2.86. The van der Waals surface area contributed by atoms with Crippen LogP contribution in [0.25, 0.3) is 10.8 Å². The molecule has 114 valence electrons. The summed E-state index contributed by atoms with van der Waals surface area (Å²) in [7, 11) is 1.53. The summed E-state index contributed by atoms with van der Waals surface area (Å²) < 4.78 is 18.9. The van der Waals surface area contributed by atoms with Gasteiger partial charge in [-0.15, -0.1) is 0 Å². The Morgan fingerprint density at radius 2 is 1.87 bits per heavy atom. The van der Waals surface area contributed by atoms with Crippen LogP contribution in [-0.2, 0) is 6.42 Å². The van der Waals surface area contributed by atoms with Crippen LogP contribution in [0.3, 0.4) is 0 Å². The standard InChI is InChI=1S/C20H16FNO/c1-23-20-10-9-17(21)12-19(20)16(13-22)11-15-7-4-6-14-5-2-3-8-18(14)15/h2-10,12,16H,11H2,1H3. The van der Waals surface area contributed by atoms with Gasteiger partial charge >= 0.3 is 0 Å². The molecule has 0 bridgehead atoms. The summed E-state index contributed by atoms with van der Waals surface area (Å²) in [6, 6.07) is 20.7. The topological polar surface area (TPSA) is 33.0 Å². The predicted octanol–water partition coefficient (Wildman–Crippen LogP) is 4.84. The molecule has 0 saturated heterocycles. The van der Waals surface area contributed by atoms with Crippen LogP contribution in [0.5, 0.6) is 5.75 Å². The van der Waals surface area contributed by atoms with Crippen LogP contribution < -0.4 is 4.74 Å². The lowest BCUT2D eigenvalue weighted by atomic mass is 9.90. The molecule has 0 N–H and O–H groups in total. The van der Waals surface area contributed by atoms with E-state index in [0.29, 0.717) is 17.7 Å². The molecule has 23 heavy (non-hydrogen) atoms. The quantitative estimate of drug-likeness (QED) is 0.691. The fraction of sp³-hybridized carbons (Fsp3) is 0.150. The molecule has 0 aliphatic heterocycles. The second-order valence-corrected chi connectivity index (χ2v) is 5.41. The van der Waals surface area contributed by atoms with Gasteiger partial charge < -0.3 is 4.74 Å². The number of fused-ring (bicyclic) bond motifs is 1. The van der Waals surface area contributed by atoms with Gasteiger partial charge in [0.1, 0.15) is 11.6 Å². The number of rotatable bonds is 4. The van der Waals surface area contributed by atoms with Crippen LogP contribution >= 0.6 is 0 Å². The van der Waals surface area contributed by atoms with Crippen LogP contribution in [0, 0.1) is 17.1 Å². The van der Waals surface area contributed by atoms with Gasteiger partial charge in [-0.05, 0) is 41.0 Å². The van der Waals surface area contributed by atoms with Crippen molar-refractivity contribution in [3.05, 3.63) is 77.6 Å². The Morgan fingerprint density at radius 1 is 1.09 bits per heavy atom. The minimum atomic E-state index is -0.466. The maximum atomic E-state index is 13.6. The molecular weight excluding hydrogens is 289 g/mol. The van der Waals surface area contributed by atoms with Gasteiger partial charge in [-0.3, -0.25) is 0 Å². The number of halogens is 1. The second kappa shape index (κ2) is 6.50. The van der Waals surface area contributed by atoms with E-state index in [1.54, 1.807) is 6.07 Å². The van der Waals surface area contributed by atoms with E-state index in [2.05, 4.69) is 6.07 Å². The minimum Gasteiger partial charge on any atom is -0.496 e. The highest BCUT2D eigenvalue weighted by molar-refractivity contribution is 5.85. The zero-order valence-electron chi connectivity index (χ0n) is 12.8. The van der Waals surface area contributed by atoms with E-state index >= 15 is 0 Å². The van der Waals surface area contributed by atoms with E-state index in [9.17, 15) is 9.65 Å². The third-order valence-corrected chi connectivity index (χ3v) is 4.03. The maximum Gasteiger partial charge on any atom is 0.123 e. The van der Waals surface area contributed by atoms with Crippen LogP contribution in [0.1, 0.15) is 17.0 Å². The first-order valence-electron chi connectivity index (χ1n) is 7.42. The van der Waals surface area contributed by atoms with Gasteiger partial charge in [0.15, 0.2) is 0 Å². The Labute approximate surface area is 134 Å². The Bertz CT molecular complexity index is 877. The van der Waals surface area contributed by atoms with Gasteiger partial charge in [0, 0.05) is 5.56 Å². The van der Waals surface area contributed by atoms with Crippen LogP contribution in [0.4, 0.5) is 4.39 Å². The zero-order chi connectivity index (χ0) is 16.2. The van der Waals surface area contributed by atoms with Crippen molar-refractivity contribution in [2.24, 2.45) is 0 Å². The molecule has 3 heteroatoms. The van der Waals surface area contributed by atoms with Gasteiger partial charge in [0.25, 0.3) is 0 Å². The van der Waals surface area contributed by atoms with Gasteiger partial charge in [-0.25, -0.2) is 4.39 Å². The first-order chi connectivity index (χ1) is 11.2. The summed E-state index contributed by atoms with van der Waals surface area (Å²) in [6.45, 7) is 0. The van der Waals surface area contributed by atoms with E-state index < -0.39 is 5.92 Å². The van der Waals surface area contributed by atoms with Gasteiger partial charge in [0.05, 0.1) is 19.1 Å². The first-order valence-corrected chi connectivity index (χ1v) is 7.42. The lowest BCUT2D eigenvalue weighted by molar-refractivity contribution is 0.406. The number of nitrogens with zero attached hydrogens (tertiary/aromatic N) is 1. The molecule has 3 aromatic carbocycles. The summed E-state index contributed by atoms with van der Waals surface area (Å²) >= 11 is 0. The molecule has 0 aliphatic rings. The van der Waals surface area contributed by atoms with Crippen molar-refractivity contribution in [2.75, 3.05) is 7.11 Å². The molecule has 1 atom stereocenters. The molecule has 0 aliphatic carbocycles. The Kier molecular flexibility index (Phi) is 4.25. The zero-order valence-corrected chi connectivity index (χ0v) is 12.8. The predicted molar refractivity (Wildman–Crippen MR) is 89.0 cm³/mol. The fourth-order valence-corrected chi connectivity index (χ4v) is 2.89. The van der Waals surface area contributed by atoms with Crippen molar-refractivity contribution >= 4 is 10.8 Å². The van der Waals surface area contributed by atoms with Crippen LogP contribution in [0.2, 0.25) is 0 Å². The van der Waals surface area contributed by atoms with Crippen molar-refractivity contribution in [2.45, 2.75) is 12.3 Å². The average molecular weight is 305 g/mol. The number of benzene rings is 3. The normalized spacial score (nSPS) is 11.9. The third-order valence-electron chi connectivity index (χ3n) is 4.03. The largest absolute Gasteiger partial charge is 0.496 e. The van der Waals surface area contributed by atoms with E-state index in [1.807, 2.05) is 42.5 Å². The molecule has 0 aromatic heterocycles. The van der Waals surface area contributed by atoms with E-state index in [-0.39, 0.29) is 5.82 Å². The smallest absolute Gasteiger partial charge is 0.123 e. The maximum absolute atomic E-state index is 13.6. The van der Waals surface area contributed by atoms with Crippen molar-refractivity contribution in [3.63, 3.8) is 0 Å². The van der Waals surface area contributed by atoms with Crippen molar-refractivity contribution in [1.29, 1.82) is 5.26 Å². The van der Waals surface area contributed by atoms with Crippen molar-refractivity contribution in [3.8, 4) is 11.8 Å². The Morgan fingerprint density at radius 3 is 2.65 bits per heavy atom. The molecule has 0 amide bonds. The van der Waals surface area contributed by atoms with E-state index in [0.717, 1.165) is 16.3 Å². The molecule has 0 fully saturated rings. The molecule has 1 unspecified atom stereocenters. The number of methoxy groups -OCH3 is 1. The number of hydrogen-bond acceptors (Lipinski definition) is 2. The number of hydrogen-bond donors (Lipinski definition) is 0. The molecule has 0 heterocycles. The lowest BCUT2D eigenvalue weighted by Gasteiger charge is -2.15. The van der Waals surface area contributed by atoms with Crippen LogP contribution in [0.15, 0.2) is 60.7 Å². The first kappa shape index (κ1) is 15.1. The Balaban J connectivity index is 2.03. The summed E-state index contributed by atoms with van der Waals surface area (Å²) in [5.41, 5.74) is 1.66. The van der Waals surface area contributed by atoms with Crippen LogP contribution in [-0.4, -0.2) is 7.11 Å². The molecule has 3 aromatic rings. The van der Waals surface area contributed by atoms with Gasteiger partial charge in [0.2, 0.25) is 0 Å². The highest BCUT2D eigenvalue weighted by Crippen LogP contribution is 2.31. The third kappa shape index (κ3) is 3.02. The fourth-order valence-electron chi connectivity index (χ4n) is 2.89. The average Bonchev–Trinajstić information content (AvgIpc) is 2.59. The molecular formula is C20H16FNO.